The normalized spacial score (nSPS) is 24.1. The molecule has 0 saturated heterocycles. The van der Waals surface area contributed by atoms with Crippen LogP contribution in [0, 0.1) is 5.92 Å². The van der Waals surface area contributed by atoms with Gasteiger partial charge in [0.05, 0.1) is 13.0 Å². The lowest BCUT2D eigenvalue weighted by molar-refractivity contribution is -0.143. The fourth-order valence-electron chi connectivity index (χ4n) is 3.41. The Bertz CT molecular complexity index is 729. The standard InChI is InChI=1S/C16H16N2O2/c1-20-16(19)10-5-12-11-3-2-4-13-15(11)9(7-17-13)6-14(12)18-8-10/h2-5,7,10,14,17-18H,6,8H2,1H3/t10-,14-/m1/s1. The maximum absolute atomic E-state index is 11.8. The van der Waals surface area contributed by atoms with Gasteiger partial charge in [-0.3, -0.25) is 4.79 Å². The molecule has 2 aliphatic rings. The van der Waals surface area contributed by atoms with Gasteiger partial charge in [-0.2, -0.15) is 0 Å². The van der Waals surface area contributed by atoms with Gasteiger partial charge >= 0.3 is 5.97 Å². The molecular formula is C16H16N2O2. The molecule has 2 atom stereocenters. The van der Waals surface area contributed by atoms with Crippen LogP contribution in [0.4, 0.5) is 0 Å². The second-order valence-electron chi connectivity index (χ2n) is 5.46. The van der Waals surface area contributed by atoms with Crippen molar-refractivity contribution in [3.05, 3.63) is 41.6 Å². The van der Waals surface area contributed by atoms with E-state index < -0.39 is 0 Å². The number of carbonyl (C=O) groups excluding carboxylic acids is 1. The molecule has 2 N–H and O–H groups in total. The van der Waals surface area contributed by atoms with Gasteiger partial charge in [-0.1, -0.05) is 18.2 Å². The van der Waals surface area contributed by atoms with E-state index in [1.807, 2.05) is 0 Å². The number of H-pyrrole nitrogens is 1. The van der Waals surface area contributed by atoms with Crippen LogP contribution in [0.3, 0.4) is 0 Å². The molecule has 2 aromatic rings. The second kappa shape index (κ2) is 4.21. The molecule has 2 heterocycles. The molecule has 20 heavy (non-hydrogen) atoms. The van der Waals surface area contributed by atoms with Crippen LogP contribution in [0.15, 0.2) is 30.5 Å². The van der Waals surface area contributed by atoms with Crippen LogP contribution in [0.25, 0.3) is 16.5 Å². The van der Waals surface area contributed by atoms with Crippen LogP contribution >= 0.6 is 0 Å². The van der Waals surface area contributed by atoms with Crippen molar-refractivity contribution in [3.63, 3.8) is 0 Å². The molecule has 0 radical (unpaired) electrons. The largest absolute Gasteiger partial charge is 0.469 e. The highest BCUT2D eigenvalue weighted by molar-refractivity contribution is 5.99. The fourth-order valence-corrected chi connectivity index (χ4v) is 3.41. The molecule has 1 aliphatic heterocycles. The molecule has 4 nitrogen and oxygen atoms in total. The molecule has 0 spiro atoms. The summed E-state index contributed by atoms with van der Waals surface area (Å²) in [5, 5.41) is 4.77. The third-order valence-electron chi connectivity index (χ3n) is 4.37. The summed E-state index contributed by atoms with van der Waals surface area (Å²) in [4.78, 5) is 15.1. The van der Waals surface area contributed by atoms with Crippen molar-refractivity contribution in [2.24, 2.45) is 5.92 Å². The maximum atomic E-state index is 11.8. The van der Waals surface area contributed by atoms with Gasteiger partial charge in [-0.25, -0.2) is 0 Å². The highest BCUT2D eigenvalue weighted by atomic mass is 16.5. The Balaban J connectivity index is 1.89. The van der Waals surface area contributed by atoms with E-state index in [0.29, 0.717) is 12.6 Å². The molecule has 102 valence electrons. The van der Waals surface area contributed by atoms with Crippen LogP contribution < -0.4 is 5.32 Å². The van der Waals surface area contributed by atoms with E-state index in [1.54, 1.807) is 0 Å². The van der Waals surface area contributed by atoms with Gasteiger partial charge < -0.3 is 15.0 Å². The predicted molar refractivity (Wildman–Crippen MR) is 77.3 cm³/mol. The van der Waals surface area contributed by atoms with Crippen molar-refractivity contribution in [2.45, 2.75) is 12.5 Å². The van der Waals surface area contributed by atoms with Crippen molar-refractivity contribution in [1.82, 2.24) is 10.3 Å². The zero-order chi connectivity index (χ0) is 13.7. The van der Waals surface area contributed by atoms with Gasteiger partial charge in [0.2, 0.25) is 0 Å². The van der Waals surface area contributed by atoms with Crippen molar-refractivity contribution < 1.29 is 9.53 Å². The first-order valence-corrected chi connectivity index (χ1v) is 6.90. The Morgan fingerprint density at radius 3 is 3.15 bits per heavy atom. The van der Waals surface area contributed by atoms with Gasteiger partial charge in [0.15, 0.2) is 0 Å². The topological polar surface area (TPSA) is 54.1 Å². The third-order valence-corrected chi connectivity index (χ3v) is 4.37. The van der Waals surface area contributed by atoms with Gasteiger partial charge in [0.25, 0.3) is 0 Å². The number of aromatic nitrogens is 1. The average Bonchev–Trinajstić information content (AvgIpc) is 2.91. The molecule has 1 aliphatic carbocycles. The maximum Gasteiger partial charge on any atom is 0.313 e. The number of nitrogens with one attached hydrogen (secondary N) is 2. The quantitative estimate of drug-likeness (QED) is 0.776. The van der Waals surface area contributed by atoms with E-state index in [4.69, 9.17) is 4.74 Å². The minimum absolute atomic E-state index is 0.171. The molecule has 1 aromatic carbocycles. The third kappa shape index (κ3) is 1.55. The van der Waals surface area contributed by atoms with E-state index >= 15 is 0 Å². The van der Waals surface area contributed by atoms with Crippen molar-refractivity contribution in [1.29, 1.82) is 0 Å². The Hall–Kier alpha value is -2.07. The SMILES string of the molecule is COC(=O)[C@@H]1C=C2c3cccc4[nH]cc(c34)C[C@H]2NC1. The molecule has 0 fully saturated rings. The summed E-state index contributed by atoms with van der Waals surface area (Å²) in [6.07, 6.45) is 5.15. The van der Waals surface area contributed by atoms with Crippen LogP contribution in [0.1, 0.15) is 11.1 Å². The molecular weight excluding hydrogens is 252 g/mol. The zero-order valence-electron chi connectivity index (χ0n) is 11.3. The summed E-state index contributed by atoms with van der Waals surface area (Å²) in [5.41, 5.74) is 4.97. The minimum Gasteiger partial charge on any atom is -0.469 e. The van der Waals surface area contributed by atoms with Gasteiger partial charge in [-0.05, 0) is 29.2 Å². The number of carbonyl (C=O) groups is 1. The van der Waals surface area contributed by atoms with Crippen LogP contribution in [0.5, 0.6) is 0 Å². The number of ether oxygens (including phenoxy) is 1. The number of fused-ring (bicyclic) bond motifs is 2. The molecule has 4 heteroatoms. The highest BCUT2D eigenvalue weighted by Crippen LogP contribution is 2.38. The van der Waals surface area contributed by atoms with Gasteiger partial charge in [-0.15, -0.1) is 0 Å². The number of hydrogen-bond donors (Lipinski definition) is 2. The van der Waals surface area contributed by atoms with Crippen LogP contribution in [0.2, 0.25) is 0 Å². The zero-order valence-corrected chi connectivity index (χ0v) is 11.3. The van der Waals surface area contributed by atoms with Crippen molar-refractivity contribution in [2.75, 3.05) is 13.7 Å². The highest BCUT2D eigenvalue weighted by Gasteiger charge is 2.32. The number of methoxy groups -OCH3 is 1. The first-order chi connectivity index (χ1) is 9.78. The molecule has 1 aromatic heterocycles. The summed E-state index contributed by atoms with van der Waals surface area (Å²) < 4.78 is 4.87. The second-order valence-corrected chi connectivity index (χ2v) is 5.46. The van der Waals surface area contributed by atoms with Gasteiger partial charge in [0, 0.05) is 29.7 Å². The first kappa shape index (κ1) is 11.7. The molecule has 0 bridgehead atoms. The van der Waals surface area contributed by atoms with E-state index in [-0.39, 0.29) is 11.9 Å². The number of benzene rings is 1. The Labute approximate surface area is 116 Å². The van der Waals surface area contributed by atoms with E-state index in [0.717, 1.165) is 11.9 Å². The lowest BCUT2D eigenvalue weighted by Crippen LogP contribution is -2.43. The number of esters is 1. The van der Waals surface area contributed by atoms with E-state index in [2.05, 4.69) is 40.8 Å². The summed E-state index contributed by atoms with van der Waals surface area (Å²) >= 11 is 0. The van der Waals surface area contributed by atoms with E-state index in [9.17, 15) is 4.79 Å². The number of aromatic amines is 1. The number of rotatable bonds is 1. The molecule has 4 rings (SSSR count). The summed E-state index contributed by atoms with van der Waals surface area (Å²) in [5.74, 6) is -0.363. The Morgan fingerprint density at radius 1 is 1.40 bits per heavy atom. The minimum atomic E-state index is -0.193. The average molecular weight is 268 g/mol. The first-order valence-electron chi connectivity index (χ1n) is 6.90. The smallest absolute Gasteiger partial charge is 0.313 e. The fraction of sp³-hybridized carbons (Fsp3) is 0.312. The van der Waals surface area contributed by atoms with E-state index in [1.165, 1.54) is 29.2 Å². The van der Waals surface area contributed by atoms with Crippen LogP contribution in [-0.4, -0.2) is 30.6 Å². The monoisotopic (exact) mass is 268 g/mol. The molecule has 0 saturated carbocycles. The van der Waals surface area contributed by atoms with Crippen LogP contribution in [-0.2, 0) is 16.0 Å². The molecule has 0 amide bonds. The summed E-state index contributed by atoms with van der Waals surface area (Å²) in [6.45, 7) is 0.649. The van der Waals surface area contributed by atoms with Crippen molar-refractivity contribution >= 4 is 22.4 Å². The van der Waals surface area contributed by atoms with Crippen molar-refractivity contribution in [3.8, 4) is 0 Å². The molecule has 0 unspecified atom stereocenters. The Kier molecular flexibility index (Phi) is 2.47. The summed E-state index contributed by atoms with van der Waals surface area (Å²) in [6, 6.07) is 6.59. The summed E-state index contributed by atoms with van der Waals surface area (Å²) in [7, 11) is 1.44. The lowest BCUT2D eigenvalue weighted by Gasteiger charge is -2.32. The lowest BCUT2D eigenvalue weighted by atomic mass is 9.81. The number of hydrogen-bond acceptors (Lipinski definition) is 3. The Morgan fingerprint density at radius 2 is 2.30 bits per heavy atom. The van der Waals surface area contributed by atoms with Gasteiger partial charge in [0.1, 0.15) is 0 Å². The predicted octanol–water partition coefficient (Wildman–Crippen LogP) is 1.87.